The lowest BCUT2D eigenvalue weighted by Gasteiger charge is -2.17. The number of benzene rings is 1. The molecule has 0 aromatic heterocycles. The highest BCUT2D eigenvalue weighted by Crippen LogP contribution is 2.18. The molecule has 1 rings (SSSR count). The highest BCUT2D eigenvalue weighted by Gasteiger charge is 2.19. The van der Waals surface area contributed by atoms with Gasteiger partial charge < -0.3 is 10.1 Å². The van der Waals surface area contributed by atoms with Crippen LogP contribution in [-0.2, 0) is 19.6 Å². The van der Waals surface area contributed by atoms with Crippen LogP contribution in [0, 0.1) is 5.82 Å². The third-order valence-corrected chi connectivity index (χ3v) is 3.72. The van der Waals surface area contributed by atoms with Crippen LogP contribution in [0.5, 0.6) is 0 Å². The lowest BCUT2D eigenvalue weighted by Crippen LogP contribution is -2.33. The molecule has 0 radical (unpaired) electrons. The molecule has 0 saturated carbocycles. The summed E-state index contributed by atoms with van der Waals surface area (Å²) in [6, 6.07) is 4.64. The van der Waals surface area contributed by atoms with Crippen LogP contribution in [0.15, 0.2) is 24.3 Å². The molecule has 0 bridgehead atoms. The van der Waals surface area contributed by atoms with Gasteiger partial charge in [-0.05, 0) is 31.0 Å². The first kappa shape index (κ1) is 19.5. The lowest BCUT2D eigenvalue weighted by atomic mass is 10.0. The van der Waals surface area contributed by atoms with E-state index in [1.165, 1.54) is 24.3 Å². The predicted molar refractivity (Wildman–Crippen MR) is 85.9 cm³/mol. The van der Waals surface area contributed by atoms with Gasteiger partial charge in [0.15, 0.2) is 0 Å². The number of rotatable bonds is 10. The SMILES string of the molecule is CCOCCCNC(=O)C[C@@H](NS(C)(=O)=O)c1ccc(F)cc1. The van der Waals surface area contributed by atoms with Gasteiger partial charge in [-0.3, -0.25) is 4.79 Å². The Bertz CT molecular complexity index is 590. The molecular formula is C15H23FN2O4S. The highest BCUT2D eigenvalue weighted by atomic mass is 32.2. The Labute approximate surface area is 136 Å². The maximum absolute atomic E-state index is 13.0. The average Bonchev–Trinajstić information content (AvgIpc) is 2.45. The molecule has 0 aliphatic heterocycles. The molecule has 2 N–H and O–H groups in total. The number of carbonyl (C=O) groups excluding carboxylic acids is 1. The Balaban J connectivity index is 2.62. The quantitative estimate of drug-likeness (QED) is 0.626. The molecule has 0 unspecified atom stereocenters. The number of nitrogens with one attached hydrogen (secondary N) is 2. The van der Waals surface area contributed by atoms with Crippen molar-refractivity contribution in [3.63, 3.8) is 0 Å². The van der Waals surface area contributed by atoms with E-state index in [4.69, 9.17) is 4.74 Å². The fraction of sp³-hybridized carbons (Fsp3) is 0.533. The van der Waals surface area contributed by atoms with E-state index in [2.05, 4.69) is 10.0 Å². The van der Waals surface area contributed by atoms with Crippen LogP contribution >= 0.6 is 0 Å². The van der Waals surface area contributed by atoms with Crippen molar-refractivity contribution in [1.82, 2.24) is 10.0 Å². The van der Waals surface area contributed by atoms with E-state index in [-0.39, 0.29) is 12.3 Å². The maximum Gasteiger partial charge on any atom is 0.221 e. The molecular weight excluding hydrogens is 323 g/mol. The van der Waals surface area contributed by atoms with Crippen LogP contribution in [0.3, 0.4) is 0 Å². The molecule has 0 saturated heterocycles. The Hall–Kier alpha value is -1.51. The summed E-state index contributed by atoms with van der Waals surface area (Å²) in [7, 11) is -3.50. The normalized spacial score (nSPS) is 12.8. The fourth-order valence-electron chi connectivity index (χ4n) is 1.99. The van der Waals surface area contributed by atoms with Gasteiger partial charge in [0, 0.05) is 26.2 Å². The van der Waals surface area contributed by atoms with Crippen LogP contribution in [0.4, 0.5) is 4.39 Å². The minimum absolute atomic E-state index is 0.0622. The van der Waals surface area contributed by atoms with Crippen LogP contribution in [0.2, 0.25) is 0 Å². The molecule has 1 amide bonds. The van der Waals surface area contributed by atoms with Crippen LogP contribution in [0.1, 0.15) is 31.4 Å². The number of sulfonamides is 1. The second-order valence-electron chi connectivity index (χ2n) is 5.10. The van der Waals surface area contributed by atoms with Gasteiger partial charge in [-0.2, -0.15) is 0 Å². The minimum atomic E-state index is -3.50. The molecule has 1 atom stereocenters. The van der Waals surface area contributed by atoms with Gasteiger partial charge in [0.2, 0.25) is 15.9 Å². The van der Waals surface area contributed by atoms with Gasteiger partial charge in [0.05, 0.1) is 12.3 Å². The van der Waals surface area contributed by atoms with Crippen LogP contribution in [0.25, 0.3) is 0 Å². The highest BCUT2D eigenvalue weighted by molar-refractivity contribution is 7.88. The number of halogens is 1. The van der Waals surface area contributed by atoms with Crippen molar-refractivity contribution in [1.29, 1.82) is 0 Å². The average molecular weight is 346 g/mol. The first-order chi connectivity index (χ1) is 10.8. The van der Waals surface area contributed by atoms with Crippen molar-refractivity contribution in [3.05, 3.63) is 35.6 Å². The van der Waals surface area contributed by atoms with Crippen LogP contribution < -0.4 is 10.0 Å². The van der Waals surface area contributed by atoms with E-state index in [0.29, 0.717) is 31.7 Å². The Morgan fingerprint density at radius 2 is 1.96 bits per heavy atom. The zero-order chi connectivity index (χ0) is 17.3. The van der Waals surface area contributed by atoms with Gasteiger partial charge in [-0.1, -0.05) is 12.1 Å². The van der Waals surface area contributed by atoms with Gasteiger partial charge in [-0.25, -0.2) is 17.5 Å². The zero-order valence-electron chi connectivity index (χ0n) is 13.3. The van der Waals surface area contributed by atoms with Gasteiger partial charge >= 0.3 is 0 Å². The first-order valence-corrected chi connectivity index (χ1v) is 9.28. The van der Waals surface area contributed by atoms with Gasteiger partial charge in [-0.15, -0.1) is 0 Å². The molecule has 0 aliphatic rings. The molecule has 1 aromatic rings. The van der Waals surface area contributed by atoms with Gasteiger partial charge in [0.1, 0.15) is 5.82 Å². The minimum Gasteiger partial charge on any atom is -0.382 e. The summed E-state index contributed by atoms with van der Waals surface area (Å²) in [5.74, 6) is -0.709. The summed E-state index contributed by atoms with van der Waals surface area (Å²) in [5.41, 5.74) is 0.529. The van der Waals surface area contributed by atoms with E-state index in [0.717, 1.165) is 6.26 Å². The van der Waals surface area contributed by atoms with Crippen molar-refractivity contribution in [3.8, 4) is 0 Å². The van der Waals surface area contributed by atoms with E-state index in [1.54, 1.807) is 0 Å². The van der Waals surface area contributed by atoms with Gasteiger partial charge in [0.25, 0.3) is 0 Å². The number of ether oxygens (including phenoxy) is 1. The second kappa shape index (κ2) is 9.59. The molecule has 23 heavy (non-hydrogen) atoms. The molecule has 0 heterocycles. The predicted octanol–water partition coefficient (Wildman–Crippen LogP) is 1.35. The number of carbonyl (C=O) groups is 1. The third-order valence-electron chi connectivity index (χ3n) is 3.01. The number of hydrogen-bond acceptors (Lipinski definition) is 4. The topological polar surface area (TPSA) is 84.5 Å². The largest absolute Gasteiger partial charge is 0.382 e. The molecule has 6 nitrogen and oxygen atoms in total. The Morgan fingerprint density at radius 1 is 1.30 bits per heavy atom. The monoisotopic (exact) mass is 346 g/mol. The fourth-order valence-corrected chi connectivity index (χ4v) is 2.72. The maximum atomic E-state index is 13.0. The summed E-state index contributed by atoms with van der Waals surface area (Å²) in [5, 5.41) is 2.71. The summed E-state index contributed by atoms with van der Waals surface area (Å²) in [6.07, 6.45) is 1.64. The third kappa shape index (κ3) is 8.63. The van der Waals surface area contributed by atoms with Crippen molar-refractivity contribution >= 4 is 15.9 Å². The van der Waals surface area contributed by atoms with E-state index >= 15 is 0 Å². The van der Waals surface area contributed by atoms with Crippen LogP contribution in [-0.4, -0.2) is 40.3 Å². The number of amides is 1. The number of hydrogen-bond donors (Lipinski definition) is 2. The molecule has 0 aliphatic carbocycles. The standard InChI is InChI=1S/C15H23FN2O4S/c1-3-22-10-4-9-17-15(19)11-14(18-23(2,20)21)12-5-7-13(16)8-6-12/h5-8,14,18H,3-4,9-11H2,1-2H3,(H,17,19)/t14-/m1/s1. The van der Waals surface area contributed by atoms with Crippen molar-refractivity contribution in [2.24, 2.45) is 0 Å². The summed E-state index contributed by atoms with van der Waals surface area (Å²) in [4.78, 5) is 12.0. The summed E-state index contributed by atoms with van der Waals surface area (Å²) < 4.78 is 43.5. The molecule has 130 valence electrons. The zero-order valence-corrected chi connectivity index (χ0v) is 14.2. The van der Waals surface area contributed by atoms with Crippen molar-refractivity contribution in [2.75, 3.05) is 26.0 Å². The molecule has 0 spiro atoms. The molecule has 0 fully saturated rings. The smallest absolute Gasteiger partial charge is 0.221 e. The second-order valence-corrected chi connectivity index (χ2v) is 6.88. The molecule has 1 aromatic carbocycles. The first-order valence-electron chi connectivity index (χ1n) is 7.39. The summed E-state index contributed by atoms with van der Waals surface area (Å²) >= 11 is 0. The van der Waals surface area contributed by atoms with Crippen molar-refractivity contribution in [2.45, 2.75) is 25.8 Å². The Kier molecular flexibility index (Phi) is 8.15. The molecule has 8 heteroatoms. The van der Waals surface area contributed by atoms with Crippen molar-refractivity contribution < 1.29 is 22.3 Å². The lowest BCUT2D eigenvalue weighted by molar-refractivity contribution is -0.121. The van der Waals surface area contributed by atoms with E-state index in [1.807, 2.05) is 6.92 Å². The van der Waals surface area contributed by atoms with E-state index in [9.17, 15) is 17.6 Å². The Morgan fingerprint density at radius 3 is 2.52 bits per heavy atom. The summed E-state index contributed by atoms with van der Waals surface area (Å²) in [6.45, 7) is 3.52. The van der Waals surface area contributed by atoms with E-state index < -0.39 is 21.9 Å².